The molecule has 0 saturated carbocycles. The molecule has 0 radical (unpaired) electrons. The van der Waals surface area contributed by atoms with Crippen LogP contribution in [0.25, 0.3) is 10.9 Å². The number of benzene rings is 1. The van der Waals surface area contributed by atoms with Crippen molar-refractivity contribution in [3.63, 3.8) is 0 Å². The monoisotopic (exact) mass is 446 g/mol. The minimum atomic E-state index is -0.880. The highest BCUT2D eigenvalue weighted by molar-refractivity contribution is 6.06. The van der Waals surface area contributed by atoms with E-state index in [1.54, 1.807) is 0 Å². The van der Waals surface area contributed by atoms with Crippen molar-refractivity contribution >= 4 is 22.7 Å². The summed E-state index contributed by atoms with van der Waals surface area (Å²) in [7, 11) is 0. The molecule has 2 aromatic rings. The number of para-hydroxylation sites is 1. The zero-order valence-corrected chi connectivity index (χ0v) is 19.0. The molecule has 1 fully saturated rings. The van der Waals surface area contributed by atoms with E-state index >= 15 is 0 Å². The number of fused-ring (bicyclic) bond motifs is 1. The second kappa shape index (κ2) is 10.4. The number of hydrogen-bond donors (Lipinski definition) is 4. The molecule has 1 aliphatic rings. The Morgan fingerprint density at radius 1 is 1.16 bits per heavy atom. The maximum atomic E-state index is 13.3. The molecule has 4 N–H and O–H groups in total. The summed E-state index contributed by atoms with van der Waals surface area (Å²) in [5, 5.41) is 29.3. The maximum absolute atomic E-state index is 13.3. The normalized spacial score (nSPS) is 16.3. The van der Waals surface area contributed by atoms with Crippen molar-refractivity contribution in [2.45, 2.75) is 52.2 Å². The zero-order valence-electron chi connectivity index (χ0n) is 19.0. The third kappa shape index (κ3) is 5.65. The molecule has 1 atom stereocenters. The fourth-order valence-corrected chi connectivity index (χ4v) is 3.92. The number of amides is 2. The van der Waals surface area contributed by atoms with Gasteiger partial charge in [0.05, 0.1) is 24.8 Å². The molecule has 0 bridgehead atoms. The summed E-state index contributed by atoms with van der Waals surface area (Å²) in [4.78, 5) is 26.1. The maximum Gasteiger partial charge on any atom is 0.273 e. The van der Waals surface area contributed by atoms with Crippen molar-refractivity contribution in [1.82, 2.24) is 20.4 Å². The highest BCUT2D eigenvalue weighted by Crippen LogP contribution is 2.24. The van der Waals surface area contributed by atoms with Gasteiger partial charge in [-0.25, -0.2) is 0 Å². The number of aromatic nitrogens is 2. The van der Waals surface area contributed by atoms with Gasteiger partial charge in [-0.05, 0) is 30.2 Å². The molecule has 1 aliphatic heterocycles. The van der Waals surface area contributed by atoms with E-state index in [0.717, 1.165) is 37.0 Å². The molecular formula is C23H34N4O5. The van der Waals surface area contributed by atoms with Crippen LogP contribution in [0.1, 0.15) is 44.1 Å². The van der Waals surface area contributed by atoms with Crippen LogP contribution in [0.2, 0.25) is 0 Å². The van der Waals surface area contributed by atoms with Gasteiger partial charge in [0.15, 0.2) is 5.69 Å². The number of hydrogen-bond acceptors (Lipinski definition) is 6. The first kappa shape index (κ1) is 24.2. The summed E-state index contributed by atoms with van der Waals surface area (Å²) in [6.07, 6.45) is 1.91. The molecule has 1 aromatic heterocycles. The molecule has 2 amide bonds. The van der Waals surface area contributed by atoms with Crippen molar-refractivity contribution in [3.05, 3.63) is 30.0 Å². The number of nitrogens with zero attached hydrogens (tertiary/aromatic N) is 2. The van der Waals surface area contributed by atoms with Crippen LogP contribution in [0.5, 0.6) is 0 Å². The summed E-state index contributed by atoms with van der Waals surface area (Å²) in [6, 6.07) is 5.91. The Morgan fingerprint density at radius 3 is 2.44 bits per heavy atom. The van der Waals surface area contributed by atoms with Crippen molar-refractivity contribution in [2.75, 3.05) is 26.4 Å². The second-order valence-electron chi connectivity index (χ2n) is 9.45. The Kier molecular flexibility index (Phi) is 7.86. The average molecular weight is 447 g/mol. The SMILES string of the molecule is CC(C)(C)[C@H](NC(=O)c1nn(CC2CCOCC2)c2ccccc12)C(=O)NC(CO)CO. The lowest BCUT2D eigenvalue weighted by atomic mass is 9.85. The third-order valence-corrected chi connectivity index (χ3v) is 5.84. The molecule has 9 heteroatoms. The molecule has 0 aliphatic carbocycles. The van der Waals surface area contributed by atoms with Crippen molar-refractivity contribution < 1.29 is 24.5 Å². The molecule has 3 rings (SSSR count). The van der Waals surface area contributed by atoms with Crippen LogP contribution in [0, 0.1) is 11.3 Å². The predicted octanol–water partition coefficient (Wildman–Crippen LogP) is 1.08. The van der Waals surface area contributed by atoms with Crippen LogP contribution in [-0.2, 0) is 16.1 Å². The number of rotatable bonds is 8. The van der Waals surface area contributed by atoms with Crippen LogP contribution >= 0.6 is 0 Å². The van der Waals surface area contributed by atoms with Gasteiger partial charge in [-0.3, -0.25) is 14.3 Å². The van der Waals surface area contributed by atoms with Crippen molar-refractivity contribution in [3.8, 4) is 0 Å². The Hall–Kier alpha value is -2.49. The number of nitrogens with one attached hydrogen (secondary N) is 2. The second-order valence-corrected chi connectivity index (χ2v) is 9.45. The molecule has 0 spiro atoms. The minimum Gasteiger partial charge on any atom is -0.394 e. The Morgan fingerprint density at radius 2 is 1.81 bits per heavy atom. The smallest absolute Gasteiger partial charge is 0.273 e. The molecule has 0 unspecified atom stereocenters. The van der Waals surface area contributed by atoms with Crippen LogP contribution in [0.4, 0.5) is 0 Å². The first-order valence-corrected chi connectivity index (χ1v) is 11.1. The van der Waals surface area contributed by atoms with Gasteiger partial charge >= 0.3 is 0 Å². The molecule has 32 heavy (non-hydrogen) atoms. The zero-order chi connectivity index (χ0) is 23.3. The summed E-state index contributed by atoms with van der Waals surface area (Å²) in [5.74, 6) is -0.471. The molecule has 2 heterocycles. The summed E-state index contributed by atoms with van der Waals surface area (Å²) >= 11 is 0. The van der Waals surface area contributed by atoms with E-state index in [0.29, 0.717) is 12.5 Å². The molecule has 1 saturated heterocycles. The van der Waals surface area contributed by atoms with Gasteiger partial charge in [0.2, 0.25) is 5.91 Å². The van der Waals surface area contributed by atoms with E-state index in [4.69, 9.17) is 4.74 Å². The fraction of sp³-hybridized carbons (Fsp3) is 0.609. The summed E-state index contributed by atoms with van der Waals surface area (Å²) in [6.45, 7) is 6.91. The van der Waals surface area contributed by atoms with E-state index in [2.05, 4.69) is 15.7 Å². The number of ether oxygens (including phenoxy) is 1. The third-order valence-electron chi connectivity index (χ3n) is 5.84. The average Bonchev–Trinajstić information content (AvgIpc) is 3.14. The molecule has 176 valence electrons. The Balaban J connectivity index is 1.85. The van der Waals surface area contributed by atoms with Crippen LogP contribution in [0.3, 0.4) is 0 Å². The highest BCUT2D eigenvalue weighted by atomic mass is 16.5. The number of aliphatic hydroxyl groups excluding tert-OH is 2. The van der Waals surface area contributed by atoms with E-state index in [1.165, 1.54) is 0 Å². The van der Waals surface area contributed by atoms with Crippen LogP contribution in [-0.4, -0.2) is 70.3 Å². The summed E-state index contributed by atoms with van der Waals surface area (Å²) < 4.78 is 7.32. The number of aliphatic hydroxyl groups is 2. The predicted molar refractivity (Wildman–Crippen MR) is 120 cm³/mol. The van der Waals surface area contributed by atoms with Crippen LogP contribution < -0.4 is 10.6 Å². The van der Waals surface area contributed by atoms with Gasteiger partial charge in [-0.15, -0.1) is 0 Å². The van der Waals surface area contributed by atoms with Gasteiger partial charge < -0.3 is 25.6 Å². The Labute approximate surface area is 188 Å². The lowest BCUT2D eigenvalue weighted by molar-refractivity contribution is -0.126. The highest BCUT2D eigenvalue weighted by Gasteiger charge is 2.35. The fourth-order valence-electron chi connectivity index (χ4n) is 3.92. The van der Waals surface area contributed by atoms with Crippen LogP contribution in [0.15, 0.2) is 24.3 Å². The van der Waals surface area contributed by atoms with E-state index in [-0.39, 0.29) is 5.69 Å². The van der Waals surface area contributed by atoms with Gasteiger partial charge in [0, 0.05) is 25.1 Å². The van der Waals surface area contributed by atoms with Gasteiger partial charge in [0.1, 0.15) is 6.04 Å². The quantitative estimate of drug-likeness (QED) is 0.481. The summed E-state index contributed by atoms with van der Waals surface area (Å²) in [5.41, 5.74) is 0.549. The first-order valence-electron chi connectivity index (χ1n) is 11.1. The van der Waals surface area contributed by atoms with Gasteiger partial charge in [0.25, 0.3) is 5.91 Å². The molecule has 1 aromatic carbocycles. The van der Waals surface area contributed by atoms with Gasteiger partial charge in [-0.1, -0.05) is 39.0 Å². The molecule has 9 nitrogen and oxygen atoms in total. The lowest BCUT2D eigenvalue weighted by Gasteiger charge is -2.31. The van der Waals surface area contributed by atoms with Gasteiger partial charge in [-0.2, -0.15) is 5.10 Å². The first-order chi connectivity index (χ1) is 15.2. The van der Waals surface area contributed by atoms with E-state index in [1.807, 2.05) is 49.7 Å². The van der Waals surface area contributed by atoms with Crippen molar-refractivity contribution in [2.24, 2.45) is 11.3 Å². The molecular weight excluding hydrogens is 412 g/mol. The number of carbonyl (C=O) groups is 2. The lowest BCUT2D eigenvalue weighted by Crippen LogP contribution is -2.56. The minimum absolute atomic E-state index is 0.274. The largest absolute Gasteiger partial charge is 0.394 e. The van der Waals surface area contributed by atoms with E-state index < -0.39 is 42.5 Å². The Bertz CT molecular complexity index is 926. The number of carbonyl (C=O) groups excluding carboxylic acids is 2. The van der Waals surface area contributed by atoms with Crippen molar-refractivity contribution in [1.29, 1.82) is 0 Å². The topological polar surface area (TPSA) is 126 Å². The van der Waals surface area contributed by atoms with E-state index in [9.17, 15) is 19.8 Å². The standard InChI is InChI=1S/C23H34N4O5/c1-23(2,3)20(22(31)24-16(13-28)14-29)25-21(30)19-17-6-4-5-7-18(17)27(26-19)12-15-8-10-32-11-9-15/h4-7,15-16,20,28-29H,8-14H2,1-3H3,(H,24,31)(H,25,30)/t20-/m1/s1.